The minimum absolute atomic E-state index is 0. The maximum atomic E-state index is 4.53. The molecular weight excluding hydrogens is 178 g/mol. The summed E-state index contributed by atoms with van der Waals surface area (Å²) in [5, 5.41) is 0.689. The fourth-order valence-electron chi connectivity index (χ4n) is 2.38. The minimum atomic E-state index is 0. The van der Waals surface area contributed by atoms with Crippen molar-refractivity contribution in [2.75, 3.05) is 7.05 Å². The van der Waals surface area contributed by atoms with Gasteiger partial charge in [0.2, 0.25) is 0 Å². The van der Waals surface area contributed by atoms with Gasteiger partial charge in [0.25, 0.3) is 0 Å². The Morgan fingerprint density at radius 2 is 1.64 bits per heavy atom. The Kier molecular flexibility index (Phi) is 3.12. The summed E-state index contributed by atoms with van der Waals surface area (Å²) < 4.78 is 0. The molecule has 66 valence electrons. The van der Waals surface area contributed by atoms with Crippen LogP contribution in [0.2, 0.25) is 0 Å². The number of halogens is 1. The van der Waals surface area contributed by atoms with Gasteiger partial charge in [-0.15, -0.1) is 12.4 Å². The van der Waals surface area contributed by atoms with Crippen molar-refractivity contribution in [2.24, 2.45) is 0 Å². The number of piperidine rings is 1. The fourth-order valence-corrected chi connectivity index (χ4v) is 2.87. The van der Waals surface area contributed by atoms with Crippen molar-refractivity contribution in [3.05, 3.63) is 0 Å². The van der Waals surface area contributed by atoms with Crippen LogP contribution >= 0.6 is 25.0 Å². The molecule has 0 N–H and O–H groups in total. The molecule has 1 nitrogen and oxygen atoms in total. The third-order valence-electron chi connectivity index (χ3n) is 3.07. The highest BCUT2D eigenvalue weighted by Gasteiger charge is 2.36. The largest absolute Gasteiger partial charge is 0.300 e. The average molecular weight is 194 g/mol. The lowest BCUT2D eigenvalue weighted by Gasteiger charge is -2.34. The van der Waals surface area contributed by atoms with Gasteiger partial charge in [0.15, 0.2) is 0 Å². The summed E-state index contributed by atoms with van der Waals surface area (Å²) >= 11 is 4.53. The number of hydrogen-bond donors (Lipinski definition) is 1. The third kappa shape index (κ3) is 1.68. The summed E-state index contributed by atoms with van der Waals surface area (Å²) in [6.07, 6.45) is 5.46. The van der Waals surface area contributed by atoms with Gasteiger partial charge in [-0.3, -0.25) is 0 Å². The molecule has 0 aromatic heterocycles. The summed E-state index contributed by atoms with van der Waals surface area (Å²) in [7, 11) is 2.27. The van der Waals surface area contributed by atoms with Crippen LogP contribution in [0, 0.1) is 0 Å². The highest BCUT2D eigenvalue weighted by Crippen LogP contribution is 2.35. The van der Waals surface area contributed by atoms with Gasteiger partial charge in [-0.2, -0.15) is 12.6 Å². The van der Waals surface area contributed by atoms with E-state index in [0.717, 1.165) is 12.1 Å². The van der Waals surface area contributed by atoms with Crippen LogP contribution in [0.25, 0.3) is 0 Å². The smallest absolute Gasteiger partial charge is 0.0106 e. The second-order valence-corrected chi connectivity index (χ2v) is 4.41. The first-order chi connectivity index (χ1) is 4.77. The van der Waals surface area contributed by atoms with Gasteiger partial charge < -0.3 is 4.90 Å². The highest BCUT2D eigenvalue weighted by atomic mass is 35.5. The van der Waals surface area contributed by atoms with Gasteiger partial charge in [-0.1, -0.05) is 0 Å². The SMILES string of the molecule is CN1[C@@H]2CC[C@H]1CC(S)C2.Cl. The maximum absolute atomic E-state index is 4.53. The molecule has 0 radical (unpaired) electrons. The molecule has 0 saturated carbocycles. The second kappa shape index (κ2) is 3.55. The van der Waals surface area contributed by atoms with E-state index < -0.39 is 0 Å². The summed E-state index contributed by atoms with van der Waals surface area (Å²) in [4.78, 5) is 2.55. The van der Waals surface area contributed by atoms with Crippen molar-refractivity contribution in [3.8, 4) is 0 Å². The molecule has 3 atom stereocenters. The van der Waals surface area contributed by atoms with Crippen LogP contribution in [-0.2, 0) is 0 Å². The predicted octanol–water partition coefficient (Wildman–Crippen LogP) is 1.96. The highest BCUT2D eigenvalue weighted by molar-refractivity contribution is 7.80. The molecule has 2 rings (SSSR count). The monoisotopic (exact) mass is 193 g/mol. The van der Waals surface area contributed by atoms with E-state index in [2.05, 4.69) is 24.6 Å². The molecule has 2 bridgehead atoms. The van der Waals surface area contributed by atoms with Crippen LogP contribution in [-0.4, -0.2) is 29.3 Å². The molecule has 0 spiro atoms. The van der Waals surface area contributed by atoms with Crippen LogP contribution in [0.15, 0.2) is 0 Å². The van der Waals surface area contributed by atoms with E-state index in [9.17, 15) is 0 Å². The zero-order valence-electron chi connectivity index (χ0n) is 6.86. The zero-order valence-corrected chi connectivity index (χ0v) is 8.57. The Morgan fingerprint density at radius 1 is 1.18 bits per heavy atom. The standard InChI is InChI=1S/C8H15NS.ClH/c1-9-6-2-3-7(9)5-8(10)4-6;/h6-8,10H,2-5H2,1H3;1H/t6-,7+,8?;. The Morgan fingerprint density at radius 3 is 2.09 bits per heavy atom. The minimum Gasteiger partial charge on any atom is -0.300 e. The van der Waals surface area contributed by atoms with E-state index in [4.69, 9.17) is 0 Å². The van der Waals surface area contributed by atoms with Crippen molar-refractivity contribution in [3.63, 3.8) is 0 Å². The Hall–Kier alpha value is 0.600. The van der Waals surface area contributed by atoms with Gasteiger partial charge in [-0.05, 0) is 32.7 Å². The molecular formula is C8H16ClNS. The molecule has 2 aliphatic heterocycles. The van der Waals surface area contributed by atoms with Crippen LogP contribution in [0.5, 0.6) is 0 Å². The lowest BCUT2D eigenvalue weighted by atomic mass is 10.0. The zero-order chi connectivity index (χ0) is 7.14. The Balaban J connectivity index is 0.000000605. The first-order valence-electron chi connectivity index (χ1n) is 4.17. The molecule has 11 heavy (non-hydrogen) atoms. The Labute approximate surface area is 80.4 Å². The van der Waals surface area contributed by atoms with E-state index in [1.54, 1.807) is 0 Å². The van der Waals surface area contributed by atoms with Crippen molar-refractivity contribution in [1.29, 1.82) is 0 Å². The normalized spacial score (nSPS) is 43.6. The van der Waals surface area contributed by atoms with Crippen molar-refractivity contribution in [1.82, 2.24) is 4.90 Å². The second-order valence-electron chi connectivity index (χ2n) is 3.68. The van der Waals surface area contributed by atoms with Crippen LogP contribution in [0.1, 0.15) is 25.7 Å². The van der Waals surface area contributed by atoms with Gasteiger partial charge in [0, 0.05) is 17.3 Å². The number of hydrogen-bond acceptors (Lipinski definition) is 2. The van der Waals surface area contributed by atoms with E-state index in [1.165, 1.54) is 25.7 Å². The molecule has 0 aromatic carbocycles. The number of rotatable bonds is 0. The van der Waals surface area contributed by atoms with Gasteiger partial charge >= 0.3 is 0 Å². The van der Waals surface area contributed by atoms with Crippen molar-refractivity contribution in [2.45, 2.75) is 43.0 Å². The van der Waals surface area contributed by atoms with E-state index >= 15 is 0 Å². The first-order valence-corrected chi connectivity index (χ1v) is 4.69. The molecule has 0 aliphatic carbocycles. The molecule has 2 fully saturated rings. The average Bonchev–Trinajstić information content (AvgIpc) is 2.20. The molecule has 3 heteroatoms. The van der Waals surface area contributed by atoms with Crippen LogP contribution in [0.4, 0.5) is 0 Å². The molecule has 2 saturated heterocycles. The van der Waals surface area contributed by atoms with Gasteiger partial charge in [-0.25, -0.2) is 0 Å². The van der Waals surface area contributed by atoms with E-state index in [-0.39, 0.29) is 12.4 Å². The molecule has 2 aliphatic rings. The number of nitrogens with zero attached hydrogens (tertiary/aromatic N) is 1. The molecule has 0 aromatic rings. The molecule has 0 amide bonds. The summed E-state index contributed by atoms with van der Waals surface area (Å²) in [5.41, 5.74) is 0. The summed E-state index contributed by atoms with van der Waals surface area (Å²) in [6, 6.07) is 1.72. The van der Waals surface area contributed by atoms with Crippen molar-refractivity contribution < 1.29 is 0 Å². The Bertz CT molecular complexity index is 128. The maximum Gasteiger partial charge on any atom is 0.0106 e. The number of thiol groups is 1. The quantitative estimate of drug-likeness (QED) is 0.576. The predicted molar refractivity (Wildman–Crippen MR) is 53.8 cm³/mol. The lowest BCUT2D eigenvalue weighted by molar-refractivity contribution is 0.183. The molecule has 1 unspecified atom stereocenters. The number of fused-ring (bicyclic) bond motifs is 2. The third-order valence-corrected chi connectivity index (χ3v) is 3.49. The summed E-state index contributed by atoms with van der Waals surface area (Å²) in [6.45, 7) is 0. The molecule has 2 heterocycles. The van der Waals surface area contributed by atoms with Gasteiger partial charge in [0.1, 0.15) is 0 Å². The first kappa shape index (κ1) is 9.69. The van der Waals surface area contributed by atoms with Crippen LogP contribution in [0.3, 0.4) is 0 Å². The van der Waals surface area contributed by atoms with E-state index in [0.29, 0.717) is 5.25 Å². The van der Waals surface area contributed by atoms with Crippen LogP contribution < -0.4 is 0 Å². The van der Waals surface area contributed by atoms with Gasteiger partial charge in [0.05, 0.1) is 0 Å². The lowest BCUT2D eigenvalue weighted by Crippen LogP contribution is -2.40. The topological polar surface area (TPSA) is 3.24 Å². The van der Waals surface area contributed by atoms with E-state index in [1.807, 2.05) is 0 Å². The van der Waals surface area contributed by atoms with Crippen molar-refractivity contribution >= 4 is 25.0 Å². The fraction of sp³-hybridized carbons (Fsp3) is 1.00. The summed E-state index contributed by atoms with van der Waals surface area (Å²) in [5.74, 6) is 0.